The Morgan fingerprint density at radius 3 is 2.59 bits per heavy atom. The van der Waals surface area contributed by atoms with Crippen molar-refractivity contribution >= 4 is 25.2 Å². The Balaban J connectivity index is 1.17. The van der Waals surface area contributed by atoms with Crippen molar-refractivity contribution < 1.29 is 14.3 Å². The quantitative estimate of drug-likeness (QED) is 0.402. The maximum Gasteiger partial charge on any atom is 0.251 e. The number of hydrogen-bond donors (Lipinski definition) is 0. The van der Waals surface area contributed by atoms with E-state index in [1.807, 2.05) is 35.1 Å². The number of ether oxygens (including phenoxy) is 2. The van der Waals surface area contributed by atoms with E-state index in [1.54, 1.807) is 22.8 Å². The lowest BCUT2D eigenvalue weighted by atomic mass is 9.99. The summed E-state index contributed by atoms with van der Waals surface area (Å²) in [4.78, 5) is 28.2. The number of piperidine rings is 1. The van der Waals surface area contributed by atoms with Crippen molar-refractivity contribution in [2.24, 2.45) is 0 Å². The highest BCUT2D eigenvalue weighted by Crippen LogP contribution is 2.31. The van der Waals surface area contributed by atoms with Crippen LogP contribution >= 0.6 is 0 Å². The van der Waals surface area contributed by atoms with Crippen LogP contribution in [0, 0.1) is 0 Å². The maximum atomic E-state index is 12.5. The van der Waals surface area contributed by atoms with Crippen LogP contribution in [0.1, 0.15) is 28.8 Å². The first kappa shape index (κ1) is 22.7. The molecule has 0 spiro atoms. The van der Waals surface area contributed by atoms with E-state index in [2.05, 4.69) is 4.90 Å². The zero-order valence-corrected chi connectivity index (χ0v) is 19.2. The minimum Gasteiger partial charge on any atom is -0.486 e. The molecule has 7 nitrogen and oxygen atoms in total. The number of pyridine rings is 1. The number of aromatic nitrogens is 1. The molecule has 174 valence electrons. The Bertz CT molecular complexity index is 1240. The maximum absolute atomic E-state index is 12.5. The van der Waals surface area contributed by atoms with Crippen LogP contribution in [0.5, 0.6) is 11.5 Å². The zero-order valence-electron chi connectivity index (χ0n) is 19.2. The Labute approximate surface area is 200 Å². The number of fused-ring (bicyclic) bond motifs is 2. The van der Waals surface area contributed by atoms with Gasteiger partial charge in [-0.05, 0) is 55.8 Å². The summed E-state index contributed by atoms with van der Waals surface area (Å²) < 4.78 is 13.1. The van der Waals surface area contributed by atoms with Crippen molar-refractivity contribution in [2.75, 3.05) is 32.8 Å². The molecule has 34 heavy (non-hydrogen) atoms. The first-order valence-corrected chi connectivity index (χ1v) is 11.8. The van der Waals surface area contributed by atoms with Gasteiger partial charge < -0.3 is 23.8 Å². The van der Waals surface area contributed by atoms with Crippen molar-refractivity contribution in [1.29, 1.82) is 0 Å². The number of carbonyl (C=O) groups is 1. The van der Waals surface area contributed by atoms with E-state index >= 15 is 0 Å². The molecule has 0 amide bonds. The lowest BCUT2D eigenvalue weighted by Gasteiger charge is -2.37. The van der Waals surface area contributed by atoms with Crippen LogP contribution in [-0.4, -0.2) is 67.4 Å². The summed E-state index contributed by atoms with van der Waals surface area (Å²) in [5, 5.41) is 0.814. The molecule has 0 aliphatic carbocycles. The lowest BCUT2D eigenvalue weighted by Crippen LogP contribution is -2.44. The van der Waals surface area contributed by atoms with Gasteiger partial charge in [-0.15, -0.1) is 0 Å². The van der Waals surface area contributed by atoms with Gasteiger partial charge in [-0.3, -0.25) is 9.59 Å². The van der Waals surface area contributed by atoms with Gasteiger partial charge in [0.1, 0.15) is 13.2 Å². The molecule has 1 saturated heterocycles. The normalized spacial score (nSPS) is 16.7. The largest absolute Gasteiger partial charge is 0.486 e. The van der Waals surface area contributed by atoms with Gasteiger partial charge in [0.15, 0.2) is 25.8 Å². The fourth-order valence-electron chi connectivity index (χ4n) is 4.93. The van der Waals surface area contributed by atoms with E-state index in [0.29, 0.717) is 37.9 Å². The number of hydrogen-bond acceptors (Lipinski definition) is 6. The van der Waals surface area contributed by atoms with E-state index in [1.165, 1.54) is 0 Å². The molecular weight excluding hydrogens is 429 g/mol. The highest BCUT2D eigenvalue weighted by atomic mass is 16.6. The second kappa shape index (κ2) is 10.0. The molecule has 2 aliphatic heterocycles. The standard InChI is InChI=1S/C26H28BN3O4/c27-30(17-19-4-6-24-25(16-19)34-15-14-33-24)21-8-10-28(11-9-21)12-13-29-23-3-1-2-20(18-31)22(23)5-7-26(29)32/h1-7,16,18,21H,8-15,17H2. The van der Waals surface area contributed by atoms with Crippen LogP contribution in [0.15, 0.2) is 53.3 Å². The number of benzene rings is 2. The third kappa shape index (κ3) is 4.74. The molecule has 2 radical (unpaired) electrons. The van der Waals surface area contributed by atoms with E-state index in [-0.39, 0.29) is 5.56 Å². The van der Waals surface area contributed by atoms with Gasteiger partial charge in [-0.25, -0.2) is 0 Å². The molecular formula is C26H28BN3O4. The molecule has 0 atom stereocenters. The predicted molar refractivity (Wildman–Crippen MR) is 132 cm³/mol. The summed E-state index contributed by atoms with van der Waals surface area (Å²) in [5.41, 5.74) is 2.48. The predicted octanol–water partition coefficient (Wildman–Crippen LogP) is 2.64. The van der Waals surface area contributed by atoms with Crippen molar-refractivity contribution in [3.8, 4) is 11.5 Å². The average Bonchev–Trinajstić information content (AvgIpc) is 2.88. The molecule has 0 N–H and O–H groups in total. The van der Waals surface area contributed by atoms with E-state index in [9.17, 15) is 9.59 Å². The number of nitrogens with zero attached hydrogens (tertiary/aromatic N) is 3. The summed E-state index contributed by atoms with van der Waals surface area (Å²) in [5.74, 6) is 1.58. The molecule has 0 saturated carbocycles. The summed E-state index contributed by atoms with van der Waals surface area (Å²) in [6, 6.07) is 15.1. The van der Waals surface area contributed by atoms with E-state index < -0.39 is 0 Å². The number of likely N-dealkylation sites (tertiary alicyclic amines) is 1. The highest BCUT2D eigenvalue weighted by Gasteiger charge is 2.23. The van der Waals surface area contributed by atoms with Crippen LogP contribution in [0.4, 0.5) is 0 Å². The van der Waals surface area contributed by atoms with E-state index in [0.717, 1.165) is 66.7 Å². The average molecular weight is 457 g/mol. The molecule has 1 aromatic heterocycles. The fourth-order valence-corrected chi connectivity index (χ4v) is 4.93. The van der Waals surface area contributed by atoms with Gasteiger partial charge in [0.25, 0.3) is 5.56 Å². The minimum absolute atomic E-state index is 0.0435. The van der Waals surface area contributed by atoms with Crippen LogP contribution in [0.2, 0.25) is 0 Å². The second-order valence-electron chi connectivity index (χ2n) is 8.94. The number of carbonyl (C=O) groups excluding carboxylic acids is 1. The lowest BCUT2D eigenvalue weighted by molar-refractivity contribution is 0.112. The third-order valence-electron chi connectivity index (χ3n) is 6.83. The molecule has 8 heteroatoms. The van der Waals surface area contributed by atoms with Gasteiger partial charge in [0, 0.05) is 42.7 Å². The molecule has 0 unspecified atom stereocenters. The monoisotopic (exact) mass is 457 g/mol. The van der Waals surface area contributed by atoms with Gasteiger partial charge in [0.05, 0.1) is 5.52 Å². The van der Waals surface area contributed by atoms with E-state index in [4.69, 9.17) is 17.5 Å². The molecule has 3 heterocycles. The molecule has 2 aromatic carbocycles. The van der Waals surface area contributed by atoms with Gasteiger partial charge in [-0.2, -0.15) is 0 Å². The van der Waals surface area contributed by atoms with Crippen LogP contribution in [0.3, 0.4) is 0 Å². The molecule has 0 bridgehead atoms. The zero-order chi connectivity index (χ0) is 23.5. The summed E-state index contributed by atoms with van der Waals surface area (Å²) in [6.07, 6.45) is 2.78. The molecule has 1 fully saturated rings. The summed E-state index contributed by atoms with van der Waals surface area (Å²) >= 11 is 0. The van der Waals surface area contributed by atoms with Crippen molar-refractivity contribution in [2.45, 2.75) is 32.0 Å². The summed E-state index contributed by atoms with van der Waals surface area (Å²) in [6.45, 7) is 5.05. The smallest absolute Gasteiger partial charge is 0.251 e. The topological polar surface area (TPSA) is 64.0 Å². The third-order valence-corrected chi connectivity index (χ3v) is 6.83. The first-order chi connectivity index (χ1) is 16.6. The Morgan fingerprint density at radius 2 is 1.79 bits per heavy atom. The highest BCUT2D eigenvalue weighted by molar-refractivity contribution is 6.04. The van der Waals surface area contributed by atoms with Crippen LogP contribution < -0.4 is 15.0 Å². The second-order valence-corrected chi connectivity index (χ2v) is 8.94. The van der Waals surface area contributed by atoms with Gasteiger partial charge in [0.2, 0.25) is 0 Å². The Morgan fingerprint density at radius 1 is 1.00 bits per heavy atom. The fraction of sp³-hybridized carbons (Fsp3) is 0.385. The van der Waals surface area contributed by atoms with Crippen molar-refractivity contribution in [3.63, 3.8) is 0 Å². The molecule has 2 aliphatic rings. The Kier molecular flexibility index (Phi) is 6.69. The number of rotatable bonds is 7. The van der Waals surface area contributed by atoms with Crippen LogP contribution in [0.25, 0.3) is 10.9 Å². The summed E-state index contributed by atoms with van der Waals surface area (Å²) in [7, 11) is 6.45. The molecule has 3 aromatic rings. The van der Waals surface area contributed by atoms with Gasteiger partial charge in [-0.1, -0.05) is 18.2 Å². The van der Waals surface area contributed by atoms with Gasteiger partial charge >= 0.3 is 0 Å². The SMILES string of the molecule is [B]N(Cc1ccc2c(c1)OCCO2)C1CCN(CCn2c(=O)ccc3c(C=O)cccc32)CC1. The van der Waals surface area contributed by atoms with Crippen molar-refractivity contribution in [3.05, 3.63) is 70.0 Å². The number of aldehydes is 1. The van der Waals surface area contributed by atoms with Crippen molar-refractivity contribution in [1.82, 2.24) is 14.3 Å². The minimum atomic E-state index is -0.0435. The first-order valence-electron chi connectivity index (χ1n) is 11.8. The molecule has 5 rings (SSSR count). The Hall–Kier alpha value is -3.10. The van der Waals surface area contributed by atoms with Crippen LogP contribution in [-0.2, 0) is 13.1 Å².